The minimum atomic E-state index is -1.18. The first-order chi connectivity index (χ1) is 9.93. The zero-order valence-corrected chi connectivity index (χ0v) is 11.6. The van der Waals surface area contributed by atoms with E-state index < -0.39 is 18.0 Å². The molecule has 10 nitrogen and oxygen atoms in total. The van der Waals surface area contributed by atoms with Crippen molar-refractivity contribution in [3.05, 3.63) is 12.4 Å². The molecule has 0 N–H and O–H groups in total. The van der Waals surface area contributed by atoms with Crippen LogP contribution in [-0.2, 0) is 48.3 Å². The fourth-order valence-electron chi connectivity index (χ4n) is 1.22. The molecule has 4 amide bonds. The van der Waals surface area contributed by atoms with Crippen LogP contribution in [-0.4, -0.2) is 34.8 Å². The van der Waals surface area contributed by atoms with Crippen LogP contribution >= 0.6 is 0 Å². The summed E-state index contributed by atoms with van der Waals surface area (Å²) in [5.74, 6) is -1.65. The molecule has 0 saturated carbocycles. The SMILES string of the molecule is O=C1CCC(=O)[N-]1.[CH2-]OC(=O)ON1C(=O)CCC1=O.[O]=[Co]. The molecule has 0 spiro atoms. The molecule has 0 bridgehead atoms. The van der Waals surface area contributed by atoms with E-state index in [2.05, 4.69) is 37.7 Å². The van der Waals surface area contributed by atoms with Crippen LogP contribution in [0.15, 0.2) is 0 Å². The van der Waals surface area contributed by atoms with Gasteiger partial charge in [0.15, 0.2) is 0 Å². The number of ether oxygens (including phenoxy) is 1. The van der Waals surface area contributed by atoms with Gasteiger partial charge in [-0.25, -0.2) is 4.79 Å². The van der Waals surface area contributed by atoms with Crippen LogP contribution in [0.25, 0.3) is 5.32 Å². The standard InChI is InChI=1S/C6H6NO5.C4H5NO2.Co.O/c1-11-6(10)12-7-4(8)2-3-5(7)9;6-3-1-2-4(7)5-3;;/h1-3H2;1-2H2,(H,5,6,7);;/q-1;;;/p-1. The fraction of sp³-hybridized carbons (Fsp3) is 0.400. The summed E-state index contributed by atoms with van der Waals surface area (Å²) in [6, 6.07) is 0. The third-order valence-electron chi connectivity index (χ3n) is 2.09. The summed E-state index contributed by atoms with van der Waals surface area (Å²) in [4.78, 5) is 56.3. The number of hydrogen-bond donors (Lipinski definition) is 0. The second-order valence-corrected chi connectivity index (χ2v) is 3.47. The van der Waals surface area contributed by atoms with Crippen LogP contribution in [0.1, 0.15) is 25.7 Å². The number of imide groups is 2. The van der Waals surface area contributed by atoms with Gasteiger partial charge in [0.25, 0.3) is 11.8 Å². The van der Waals surface area contributed by atoms with Crippen LogP contribution in [0.4, 0.5) is 4.79 Å². The van der Waals surface area contributed by atoms with Crippen LogP contribution in [0.5, 0.6) is 0 Å². The molecule has 21 heavy (non-hydrogen) atoms. The van der Waals surface area contributed by atoms with Crippen molar-refractivity contribution in [3.8, 4) is 0 Å². The molecule has 2 fully saturated rings. The predicted octanol–water partition coefficient (Wildman–Crippen LogP) is 0.0810. The predicted molar refractivity (Wildman–Crippen MR) is 57.3 cm³/mol. The molecule has 0 aromatic rings. The van der Waals surface area contributed by atoms with E-state index in [1.165, 1.54) is 0 Å². The fourth-order valence-corrected chi connectivity index (χ4v) is 1.22. The summed E-state index contributed by atoms with van der Waals surface area (Å²) < 4.78 is 11.8. The van der Waals surface area contributed by atoms with E-state index in [-0.39, 0.29) is 24.7 Å². The summed E-state index contributed by atoms with van der Waals surface area (Å²) in [6.45, 7) is 0. The Morgan fingerprint density at radius 3 is 1.71 bits per heavy atom. The first-order valence-corrected chi connectivity index (χ1v) is 5.77. The van der Waals surface area contributed by atoms with Crippen LogP contribution < -0.4 is 0 Å². The summed E-state index contributed by atoms with van der Waals surface area (Å²) in [5, 5.41) is 3.49. The van der Waals surface area contributed by atoms with Crippen molar-refractivity contribution in [2.75, 3.05) is 0 Å². The Morgan fingerprint density at radius 2 is 1.43 bits per heavy atom. The van der Waals surface area contributed by atoms with E-state index in [1.807, 2.05) is 0 Å². The maximum atomic E-state index is 10.8. The quantitative estimate of drug-likeness (QED) is 0.370. The van der Waals surface area contributed by atoms with Crippen molar-refractivity contribution < 1.29 is 53.1 Å². The van der Waals surface area contributed by atoms with Gasteiger partial charge in [-0.3, -0.25) is 14.4 Å². The van der Waals surface area contributed by atoms with Crippen molar-refractivity contribution in [1.82, 2.24) is 5.06 Å². The first-order valence-electron chi connectivity index (χ1n) is 5.34. The van der Waals surface area contributed by atoms with Gasteiger partial charge in [0.1, 0.15) is 0 Å². The van der Waals surface area contributed by atoms with Crippen LogP contribution in [0, 0.1) is 7.11 Å². The van der Waals surface area contributed by atoms with E-state index in [0.29, 0.717) is 17.9 Å². The summed E-state index contributed by atoms with van der Waals surface area (Å²) in [6.07, 6.45) is -0.428. The first kappa shape index (κ1) is 18.9. The molecule has 119 valence electrons. The number of hydrogen-bond acceptors (Lipinski definition) is 8. The monoisotopic (exact) mass is 345 g/mol. The molecule has 0 aliphatic carbocycles. The number of carbonyl (C=O) groups excluding carboxylic acids is 5. The molecule has 2 rings (SSSR count). The Labute approximate surface area is 126 Å². The number of carbonyl (C=O) groups is 5. The van der Waals surface area contributed by atoms with Crippen molar-refractivity contribution in [3.63, 3.8) is 0 Å². The molecule has 0 aromatic heterocycles. The third-order valence-corrected chi connectivity index (χ3v) is 2.09. The second kappa shape index (κ2) is 9.71. The Hall–Kier alpha value is -2.14. The maximum absolute atomic E-state index is 10.8. The second-order valence-electron chi connectivity index (χ2n) is 3.47. The Kier molecular flexibility index (Phi) is 8.72. The molecule has 0 atom stereocenters. The number of nitrogens with zero attached hydrogens (tertiary/aromatic N) is 2. The van der Waals surface area contributed by atoms with Gasteiger partial charge in [0.2, 0.25) is 0 Å². The van der Waals surface area contributed by atoms with Gasteiger partial charge in [0.05, 0.1) is 11.8 Å². The molecule has 2 aliphatic heterocycles. The van der Waals surface area contributed by atoms with E-state index in [9.17, 15) is 24.0 Å². The molecular weight excluding hydrogens is 335 g/mol. The van der Waals surface area contributed by atoms with Gasteiger partial charge in [0, 0.05) is 12.8 Å². The molecule has 2 aliphatic rings. The number of amides is 4. The van der Waals surface area contributed by atoms with Crippen LogP contribution in [0.3, 0.4) is 0 Å². The zero-order chi connectivity index (χ0) is 16.4. The van der Waals surface area contributed by atoms with Crippen molar-refractivity contribution >= 4 is 29.8 Å². The minimum absolute atomic E-state index is 0.0588. The average Bonchev–Trinajstić information content (AvgIpc) is 3.00. The van der Waals surface area contributed by atoms with Crippen molar-refractivity contribution in [2.24, 2.45) is 0 Å². The van der Waals surface area contributed by atoms with Gasteiger partial charge < -0.3 is 19.6 Å². The molecule has 0 unspecified atom stereocenters. The van der Waals surface area contributed by atoms with Crippen LogP contribution in [0.2, 0.25) is 0 Å². The molecule has 0 aromatic carbocycles. The molecule has 0 radical (unpaired) electrons. The zero-order valence-electron chi connectivity index (χ0n) is 10.5. The van der Waals surface area contributed by atoms with Gasteiger partial charge >= 0.3 is 25.7 Å². The summed E-state index contributed by atoms with van der Waals surface area (Å²) in [7, 11) is 2.75. The molecule has 11 heteroatoms. The van der Waals surface area contributed by atoms with E-state index in [4.69, 9.17) is 3.87 Å². The van der Waals surface area contributed by atoms with E-state index in [0.717, 1.165) is 0 Å². The number of rotatable bonds is 1. The Bertz CT molecular complexity index is 422. The average molecular weight is 345 g/mol. The summed E-state index contributed by atoms with van der Waals surface area (Å²) in [5.41, 5.74) is 0. The van der Waals surface area contributed by atoms with Gasteiger partial charge in [-0.05, 0) is 12.8 Å². The van der Waals surface area contributed by atoms with Gasteiger partial charge in [-0.1, -0.05) is 5.06 Å². The normalized spacial score (nSPS) is 16.4. The van der Waals surface area contributed by atoms with Crippen molar-refractivity contribution in [2.45, 2.75) is 25.7 Å². The van der Waals surface area contributed by atoms with E-state index >= 15 is 0 Å². The molecular formula is C10H10CoN2O8-2. The number of hydroxylamine groups is 2. The molecule has 2 saturated heterocycles. The third kappa shape index (κ3) is 6.72. The van der Waals surface area contributed by atoms with Gasteiger partial charge in [-0.15, -0.1) is 0 Å². The van der Waals surface area contributed by atoms with Gasteiger partial charge in [-0.2, -0.15) is 7.11 Å². The topological polar surface area (TPSA) is 138 Å². The van der Waals surface area contributed by atoms with Crippen molar-refractivity contribution in [1.29, 1.82) is 0 Å². The molecule has 2 heterocycles. The van der Waals surface area contributed by atoms with E-state index in [1.54, 1.807) is 0 Å². The Morgan fingerprint density at radius 1 is 1.00 bits per heavy atom. The summed E-state index contributed by atoms with van der Waals surface area (Å²) >= 11 is 2.31. The Balaban J connectivity index is 0.000000377.